The molecule has 2 aliphatic rings. The van der Waals surface area contributed by atoms with E-state index in [0.29, 0.717) is 0 Å². The van der Waals surface area contributed by atoms with Gasteiger partial charge in [0, 0.05) is 1.43 Å². The molecule has 0 heterocycles. The lowest BCUT2D eigenvalue weighted by atomic mass is 10.5. The van der Waals surface area contributed by atoms with Crippen molar-refractivity contribution in [2.45, 2.75) is 40.5 Å². The van der Waals surface area contributed by atoms with E-state index in [0.717, 1.165) is 12.8 Å². The number of hydrogen-bond donors (Lipinski definition) is 0. The summed E-state index contributed by atoms with van der Waals surface area (Å²) in [4.78, 5) is 0. The molecule has 0 aliphatic heterocycles. The fourth-order valence-electron chi connectivity index (χ4n) is 0.786. The largest absolute Gasteiger partial charge is 0.269 e. The lowest BCUT2D eigenvalue weighted by Crippen LogP contribution is -1.37. The summed E-state index contributed by atoms with van der Waals surface area (Å²) in [5.41, 5.74) is 0. The number of hydrogen-bond acceptors (Lipinski definition) is 0. The van der Waals surface area contributed by atoms with Gasteiger partial charge in [-0.2, -0.15) is 0 Å². The average Bonchev–Trinajstić information content (AvgIpc) is 3.01. The molecule has 90 valence electrons. The molecule has 1 heteroatoms. The molecule has 15 heavy (non-hydrogen) atoms. The molecule has 0 nitrogen and oxygen atoms in total. The van der Waals surface area contributed by atoms with E-state index >= 15 is 0 Å². The van der Waals surface area contributed by atoms with Crippen molar-refractivity contribution in [2.75, 3.05) is 0 Å². The Kier molecular flexibility index (Phi) is 29.9. The van der Waals surface area contributed by atoms with E-state index in [2.05, 4.69) is 48.6 Å². The third-order valence-corrected chi connectivity index (χ3v) is 1.31. The van der Waals surface area contributed by atoms with E-state index in [1.807, 2.05) is 27.7 Å². The third-order valence-electron chi connectivity index (χ3n) is 1.31. The Hall–Kier alpha value is -1.11. The monoisotopic (exact) mass is 215 g/mol. The summed E-state index contributed by atoms with van der Waals surface area (Å²) >= 11 is 0. The lowest BCUT2D eigenvalue weighted by Gasteiger charge is -1.57. The Morgan fingerprint density at radius 2 is 0.800 bits per heavy atom. The quantitative estimate of drug-likeness (QED) is 0.503. The van der Waals surface area contributed by atoms with Crippen LogP contribution in [0.5, 0.6) is 0 Å². The number of allylic oxidation sites excluding steroid dienone is 8. The van der Waals surface area contributed by atoms with Gasteiger partial charge in [-0.15, -0.1) is 0 Å². The van der Waals surface area contributed by atoms with Crippen LogP contribution >= 0.6 is 0 Å². The second kappa shape index (κ2) is 23.1. The molecule has 2 aliphatic carbocycles. The Morgan fingerprint density at radius 3 is 0.867 bits per heavy atom. The first-order valence-electron chi connectivity index (χ1n) is 5.63. The SMILES string of the molecule is C1=CCC=C1.C1=CCC=C1.CC.CC.F.[2HH]. The highest BCUT2D eigenvalue weighted by Crippen LogP contribution is 1.93. The fraction of sp³-hybridized carbons (Fsp3) is 0.429. The summed E-state index contributed by atoms with van der Waals surface area (Å²) in [6.07, 6.45) is 19.0. The second-order valence-electron chi connectivity index (χ2n) is 2.18. The van der Waals surface area contributed by atoms with Crippen molar-refractivity contribution < 1.29 is 6.13 Å². The van der Waals surface area contributed by atoms with Crippen molar-refractivity contribution in [3.8, 4) is 0 Å². The molecule has 0 fully saturated rings. The van der Waals surface area contributed by atoms with E-state index < -0.39 is 0 Å². The van der Waals surface area contributed by atoms with Gasteiger partial charge in [0.1, 0.15) is 0 Å². The molecule has 0 unspecified atom stereocenters. The summed E-state index contributed by atoms with van der Waals surface area (Å²) in [6.45, 7) is 8.00. The maximum absolute atomic E-state index is 2.12. The van der Waals surface area contributed by atoms with Crippen LogP contribution in [0.3, 0.4) is 0 Å². The zero-order valence-corrected chi connectivity index (χ0v) is 10.4. The predicted molar refractivity (Wildman–Crippen MR) is 73.1 cm³/mol. The normalized spacial score (nSPS) is 12.5. The standard InChI is InChI=1S/2C5H6.2C2H6.FH.H2/c2*1-2-4-5-3-1;2*1-2;;/h2*1-4H,5H2;2*1-2H3;2*1H/i;;;;;1+1. The molecule has 0 spiro atoms. The van der Waals surface area contributed by atoms with Gasteiger partial charge in [0.15, 0.2) is 0 Å². The highest BCUT2D eigenvalue weighted by molar-refractivity contribution is 5.12. The summed E-state index contributed by atoms with van der Waals surface area (Å²) in [6, 6.07) is 0. The summed E-state index contributed by atoms with van der Waals surface area (Å²) in [7, 11) is 0. The predicted octanol–water partition coefficient (Wildman–Crippen LogP) is 5.46. The van der Waals surface area contributed by atoms with Crippen molar-refractivity contribution in [2.24, 2.45) is 0 Å². The van der Waals surface area contributed by atoms with Crippen LogP contribution in [0.2, 0.25) is 0 Å². The molecule has 0 aromatic heterocycles. The molecule has 0 bridgehead atoms. The Bertz CT molecular complexity index is 149. The van der Waals surface area contributed by atoms with Gasteiger partial charge < -0.3 is 0 Å². The van der Waals surface area contributed by atoms with Gasteiger partial charge in [-0.05, 0) is 12.8 Å². The summed E-state index contributed by atoms with van der Waals surface area (Å²) < 4.78 is 0. The van der Waals surface area contributed by atoms with Gasteiger partial charge in [0.05, 0.1) is 0 Å². The van der Waals surface area contributed by atoms with Crippen molar-refractivity contribution in [1.29, 1.82) is 0 Å². The number of halogens is 1. The molecule has 0 saturated heterocycles. The van der Waals surface area contributed by atoms with Crippen LogP contribution in [0.1, 0.15) is 42.0 Å². The first-order valence-corrected chi connectivity index (χ1v) is 5.63. The van der Waals surface area contributed by atoms with Crippen LogP contribution in [0.25, 0.3) is 0 Å². The Labute approximate surface area is 95.9 Å². The van der Waals surface area contributed by atoms with Gasteiger partial charge >= 0.3 is 0 Å². The molecule has 0 saturated carbocycles. The summed E-state index contributed by atoms with van der Waals surface area (Å²) in [5.74, 6) is 0. The van der Waals surface area contributed by atoms with E-state index in [1.165, 1.54) is 0 Å². The zero-order valence-electron chi connectivity index (χ0n) is 10.4. The van der Waals surface area contributed by atoms with Gasteiger partial charge in [-0.1, -0.05) is 76.3 Å². The number of rotatable bonds is 0. The minimum atomic E-state index is 0. The third kappa shape index (κ3) is 19.3. The van der Waals surface area contributed by atoms with E-state index in [-0.39, 0.29) is 6.13 Å². The smallest absolute Gasteiger partial charge is 0 e. The maximum Gasteiger partial charge on any atom is 0 e. The minimum Gasteiger partial charge on any atom is -0.269 e. The van der Waals surface area contributed by atoms with Crippen LogP contribution in [0.15, 0.2) is 48.6 Å². The molecule has 0 radical (unpaired) electrons. The minimum absolute atomic E-state index is 0. The first kappa shape index (κ1) is 19.5. The fourth-order valence-corrected chi connectivity index (χ4v) is 0.786. The van der Waals surface area contributed by atoms with Crippen LogP contribution < -0.4 is 0 Å². The van der Waals surface area contributed by atoms with E-state index in [9.17, 15) is 0 Å². The highest BCUT2D eigenvalue weighted by Gasteiger charge is 1.72. The van der Waals surface area contributed by atoms with E-state index in [4.69, 9.17) is 0 Å². The van der Waals surface area contributed by atoms with E-state index in [1.54, 1.807) is 0 Å². The molecule has 0 aromatic carbocycles. The van der Waals surface area contributed by atoms with Crippen LogP contribution in [0.4, 0.5) is 4.70 Å². The second-order valence-corrected chi connectivity index (χ2v) is 2.18. The van der Waals surface area contributed by atoms with Gasteiger partial charge in [-0.25, -0.2) is 0 Å². The van der Waals surface area contributed by atoms with Crippen LogP contribution in [0, 0.1) is 0 Å². The maximum atomic E-state index is 2.12. The van der Waals surface area contributed by atoms with Crippen molar-refractivity contribution in [3.05, 3.63) is 48.6 Å². The first-order chi connectivity index (χ1) is 7.00. The molecular formula is C14H27F. The van der Waals surface area contributed by atoms with Gasteiger partial charge in [0.25, 0.3) is 0 Å². The average molecular weight is 215 g/mol. The molecule has 2 rings (SSSR count). The van der Waals surface area contributed by atoms with Crippen LogP contribution in [-0.4, -0.2) is 0 Å². The zero-order chi connectivity index (χ0) is 11.1. The van der Waals surface area contributed by atoms with Crippen LogP contribution in [-0.2, 0) is 0 Å². The molecule has 0 amide bonds. The molecule has 0 atom stereocenters. The topological polar surface area (TPSA) is 0 Å². The molecular weight excluding hydrogens is 187 g/mol. The van der Waals surface area contributed by atoms with Gasteiger partial charge in [-0.3, -0.25) is 4.70 Å². The Morgan fingerprint density at radius 1 is 0.600 bits per heavy atom. The van der Waals surface area contributed by atoms with Crippen molar-refractivity contribution >= 4 is 0 Å². The lowest BCUT2D eigenvalue weighted by molar-refractivity contribution is 1.11. The van der Waals surface area contributed by atoms with Crippen molar-refractivity contribution in [3.63, 3.8) is 0 Å². The Balaban J connectivity index is -0.0000000631. The molecule has 0 N–H and O–H groups in total. The van der Waals surface area contributed by atoms with Gasteiger partial charge in [0.2, 0.25) is 0 Å². The molecule has 0 aromatic rings. The highest BCUT2D eigenvalue weighted by atomic mass is 19.0. The summed E-state index contributed by atoms with van der Waals surface area (Å²) in [5, 5.41) is 0. The van der Waals surface area contributed by atoms with Crippen molar-refractivity contribution in [1.82, 2.24) is 0 Å².